The van der Waals surface area contributed by atoms with Gasteiger partial charge in [-0.1, -0.05) is 0 Å². The minimum absolute atomic E-state index is 0.00856. The number of hydrogen-bond acceptors (Lipinski definition) is 3. The lowest BCUT2D eigenvalue weighted by atomic mass is 9.93. The highest BCUT2D eigenvalue weighted by molar-refractivity contribution is 5.28. The minimum Gasteiger partial charge on any atom is -0.373 e. The highest BCUT2D eigenvalue weighted by Crippen LogP contribution is 2.37. The summed E-state index contributed by atoms with van der Waals surface area (Å²) in [6, 6.07) is 3.30. The zero-order chi connectivity index (χ0) is 18.1. The molecule has 1 aromatic heterocycles. The van der Waals surface area contributed by atoms with Crippen molar-refractivity contribution >= 4 is 0 Å². The first-order chi connectivity index (χ1) is 11.9. The molecule has 136 valence electrons. The van der Waals surface area contributed by atoms with Crippen LogP contribution in [0.15, 0.2) is 18.2 Å². The quantitative estimate of drug-likeness (QED) is 0.894. The van der Waals surface area contributed by atoms with Crippen molar-refractivity contribution in [2.75, 3.05) is 13.2 Å². The van der Waals surface area contributed by atoms with Gasteiger partial charge in [0.05, 0.1) is 11.8 Å². The Kier molecular flexibility index (Phi) is 5.20. The van der Waals surface area contributed by atoms with Gasteiger partial charge >= 0.3 is 0 Å². The Morgan fingerprint density at radius 3 is 2.80 bits per heavy atom. The number of nitrogens with zero attached hydrogens (tertiary/aromatic N) is 2. The van der Waals surface area contributed by atoms with Crippen molar-refractivity contribution in [3.63, 3.8) is 0 Å². The average molecular weight is 349 g/mol. The van der Waals surface area contributed by atoms with Gasteiger partial charge in [-0.25, -0.2) is 8.78 Å². The van der Waals surface area contributed by atoms with Crippen molar-refractivity contribution in [3.05, 3.63) is 52.3 Å². The van der Waals surface area contributed by atoms with E-state index in [1.807, 2.05) is 32.5 Å². The summed E-state index contributed by atoms with van der Waals surface area (Å²) in [6.07, 6.45) is 0.926. The topological polar surface area (TPSA) is 39.1 Å². The standard InChI is InChI=1S/C19H25F2N3O/c1-11(16-9-15(20)5-6-17(16)21)22-10-14-7-8-25-19(14)18-12(2)23-24(4)13(18)3/h5-6,9,11,14,19,22H,7-8,10H2,1-4H3/t11-,14-,19+/m0/s1. The number of rotatable bonds is 5. The van der Waals surface area contributed by atoms with Crippen molar-refractivity contribution < 1.29 is 13.5 Å². The monoisotopic (exact) mass is 349 g/mol. The zero-order valence-electron chi connectivity index (χ0n) is 15.1. The maximum atomic E-state index is 13.9. The van der Waals surface area contributed by atoms with Crippen LogP contribution in [-0.2, 0) is 11.8 Å². The number of aryl methyl sites for hydroxylation is 2. The van der Waals surface area contributed by atoms with Crippen molar-refractivity contribution in [1.82, 2.24) is 15.1 Å². The number of benzene rings is 1. The highest BCUT2D eigenvalue weighted by Gasteiger charge is 2.33. The molecule has 0 radical (unpaired) electrons. The van der Waals surface area contributed by atoms with Gasteiger partial charge < -0.3 is 10.1 Å². The van der Waals surface area contributed by atoms with Crippen LogP contribution in [0, 0.1) is 31.4 Å². The van der Waals surface area contributed by atoms with Gasteiger partial charge in [0.25, 0.3) is 0 Å². The molecular formula is C19H25F2N3O. The van der Waals surface area contributed by atoms with Crippen LogP contribution < -0.4 is 5.32 Å². The van der Waals surface area contributed by atoms with E-state index in [0.29, 0.717) is 18.7 Å². The molecule has 2 heterocycles. The molecule has 1 N–H and O–H groups in total. The van der Waals surface area contributed by atoms with Crippen molar-refractivity contribution in [2.24, 2.45) is 13.0 Å². The van der Waals surface area contributed by atoms with E-state index >= 15 is 0 Å². The Labute approximate surface area is 147 Å². The first-order valence-corrected chi connectivity index (χ1v) is 8.68. The SMILES string of the molecule is Cc1nn(C)c(C)c1[C@@H]1OCC[C@H]1CN[C@@H](C)c1cc(F)ccc1F. The Bertz CT molecular complexity index is 759. The van der Waals surface area contributed by atoms with E-state index < -0.39 is 5.82 Å². The van der Waals surface area contributed by atoms with Crippen LogP contribution in [0.25, 0.3) is 0 Å². The molecule has 0 amide bonds. The molecule has 25 heavy (non-hydrogen) atoms. The maximum absolute atomic E-state index is 13.9. The molecule has 3 atom stereocenters. The number of hydrogen-bond donors (Lipinski definition) is 1. The predicted octanol–water partition coefficient (Wildman–Crippen LogP) is 3.74. The summed E-state index contributed by atoms with van der Waals surface area (Å²) in [5, 5.41) is 7.82. The van der Waals surface area contributed by atoms with E-state index in [9.17, 15) is 8.78 Å². The van der Waals surface area contributed by atoms with E-state index in [-0.39, 0.29) is 23.9 Å². The van der Waals surface area contributed by atoms with Crippen LogP contribution in [0.1, 0.15) is 48.0 Å². The van der Waals surface area contributed by atoms with Crippen molar-refractivity contribution in [1.29, 1.82) is 0 Å². The van der Waals surface area contributed by atoms with Gasteiger partial charge in [-0.05, 0) is 45.4 Å². The molecular weight excluding hydrogens is 324 g/mol. The Balaban J connectivity index is 1.71. The first kappa shape index (κ1) is 18.0. The van der Waals surface area contributed by atoms with Crippen LogP contribution in [0.2, 0.25) is 0 Å². The van der Waals surface area contributed by atoms with Crippen LogP contribution in [0.4, 0.5) is 8.78 Å². The smallest absolute Gasteiger partial charge is 0.128 e. The van der Waals surface area contributed by atoms with E-state index in [0.717, 1.165) is 29.4 Å². The molecule has 1 saturated heterocycles. The summed E-state index contributed by atoms with van der Waals surface area (Å²) in [5.41, 5.74) is 3.60. The molecule has 0 saturated carbocycles. The Morgan fingerprint density at radius 1 is 1.36 bits per heavy atom. The molecule has 1 aliphatic heterocycles. The summed E-state index contributed by atoms with van der Waals surface area (Å²) in [7, 11) is 1.93. The molecule has 3 rings (SSSR count). The molecule has 0 bridgehead atoms. The van der Waals surface area contributed by atoms with Crippen LogP contribution in [-0.4, -0.2) is 22.9 Å². The fraction of sp³-hybridized carbons (Fsp3) is 0.526. The Morgan fingerprint density at radius 2 is 2.12 bits per heavy atom. The third-order valence-corrected chi connectivity index (χ3v) is 5.17. The van der Waals surface area contributed by atoms with E-state index in [1.165, 1.54) is 12.1 Å². The second-order valence-electron chi connectivity index (χ2n) is 6.84. The molecule has 1 aliphatic rings. The molecule has 1 aromatic carbocycles. The van der Waals surface area contributed by atoms with Crippen molar-refractivity contribution in [2.45, 2.75) is 39.3 Å². The third kappa shape index (κ3) is 3.60. The van der Waals surface area contributed by atoms with Gasteiger partial charge in [-0.2, -0.15) is 5.10 Å². The maximum Gasteiger partial charge on any atom is 0.128 e. The molecule has 4 nitrogen and oxygen atoms in total. The molecule has 2 aromatic rings. The molecule has 0 aliphatic carbocycles. The molecule has 6 heteroatoms. The fourth-order valence-electron chi connectivity index (χ4n) is 3.65. The number of aromatic nitrogens is 2. The lowest BCUT2D eigenvalue weighted by Crippen LogP contribution is -2.28. The van der Waals surface area contributed by atoms with E-state index in [4.69, 9.17) is 4.74 Å². The molecule has 1 fully saturated rings. The second kappa shape index (κ2) is 7.22. The molecule has 0 spiro atoms. The van der Waals surface area contributed by atoms with Gasteiger partial charge in [0.2, 0.25) is 0 Å². The summed E-state index contributed by atoms with van der Waals surface area (Å²) >= 11 is 0. The minimum atomic E-state index is -0.422. The largest absolute Gasteiger partial charge is 0.373 e. The normalized spacial score (nSPS) is 21.7. The molecule has 0 unspecified atom stereocenters. The second-order valence-corrected chi connectivity index (χ2v) is 6.84. The summed E-state index contributed by atoms with van der Waals surface area (Å²) in [6.45, 7) is 7.28. The van der Waals surface area contributed by atoms with Crippen LogP contribution in [0.5, 0.6) is 0 Å². The van der Waals surface area contributed by atoms with E-state index in [1.54, 1.807) is 0 Å². The lowest BCUT2D eigenvalue weighted by Gasteiger charge is -2.22. The van der Waals surface area contributed by atoms with Gasteiger partial charge in [-0.15, -0.1) is 0 Å². The lowest BCUT2D eigenvalue weighted by molar-refractivity contribution is 0.0888. The predicted molar refractivity (Wildman–Crippen MR) is 92.3 cm³/mol. The fourth-order valence-corrected chi connectivity index (χ4v) is 3.65. The highest BCUT2D eigenvalue weighted by atomic mass is 19.1. The van der Waals surface area contributed by atoms with Crippen LogP contribution >= 0.6 is 0 Å². The number of ether oxygens (including phenoxy) is 1. The van der Waals surface area contributed by atoms with Gasteiger partial charge in [0.15, 0.2) is 0 Å². The summed E-state index contributed by atoms with van der Waals surface area (Å²) < 4.78 is 35.2. The summed E-state index contributed by atoms with van der Waals surface area (Å²) in [4.78, 5) is 0. The zero-order valence-corrected chi connectivity index (χ0v) is 15.1. The van der Waals surface area contributed by atoms with E-state index in [2.05, 4.69) is 10.4 Å². The Hall–Kier alpha value is -1.79. The average Bonchev–Trinajstić information content (AvgIpc) is 3.12. The van der Waals surface area contributed by atoms with Gasteiger partial charge in [0, 0.05) is 49.0 Å². The first-order valence-electron chi connectivity index (χ1n) is 8.68. The van der Waals surface area contributed by atoms with Gasteiger partial charge in [-0.3, -0.25) is 4.68 Å². The van der Waals surface area contributed by atoms with Gasteiger partial charge in [0.1, 0.15) is 11.6 Å². The number of halogens is 2. The van der Waals surface area contributed by atoms with Crippen LogP contribution in [0.3, 0.4) is 0 Å². The summed E-state index contributed by atoms with van der Waals surface area (Å²) in [5.74, 6) is -0.533. The third-order valence-electron chi connectivity index (χ3n) is 5.17. The van der Waals surface area contributed by atoms with Crippen molar-refractivity contribution in [3.8, 4) is 0 Å². The number of nitrogens with one attached hydrogen (secondary N) is 1.